The summed E-state index contributed by atoms with van der Waals surface area (Å²) in [7, 11) is 0. The van der Waals surface area contributed by atoms with Crippen molar-refractivity contribution in [2.45, 2.75) is 19.0 Å². The highest BCUT2D eigenvalue weighted by molar-refractivity contribution is 5.84. The Labute approximate surface area is 96.6 Å². The van der Waals surface area contributed by atoms with E-state index in [1.165, 1.54) is 6.07 Å². The van der Waals surface area contributed by atoms with E-state index in [0.717, 1.165) is 18.2 Å². The molecule has 1 aromatic carbocycles. The number of hydrogen-bond acceptors (Lipinski definition) is 1. The topological polar surface area (TPSA) is 41.8 Å². The molecule has 1 aromatic heterocycles. The van der Waals surface area contributed by atoms with Gasteiger partial charge >= 0.3 is 6.18 Å². The largest absolute Gasteiger partial charge is 0.418 e. The normalized spacial score (nSPS) is 12.2. The molecular formula is C12H13F3N2. The van der Waals surface area contributed by atoms with Gasteiger partial charge in [0.15, 0.2) is 0 Å². The zero-order chi connectivity index (χ0) is 12.5. The third-order valence-corrected chi connectivity index (χ3v) is 2.67. The Hall–Kier alpha value is -1.49. The summed E-state index contributed by atoms with van der Waals surface area (Å²) >= 11 is 0. The molecule has 17 heavy (non-hydrogen) atoms. The van der Waals surface area contributed by atoms with Gasteiger partial charge in [0, 0.05) is 11.1 Å². The van der Waals surface area contributed by atoms with Crippen molar-refractivity contribution in [2.24, 2.45) is 5.73 Å². The molecule has 92 valence electrons. The summed E-state index contributed by atoms with van der Waals surface area (Å²) in [6, 6.07) is 5.94. The van der Waals surface area contributed by atoms with Crippen LogP contribution in [0.25, 0.3) is 10.9 Å². The van der Waals surface area contributed by atoms with E-state index >= 15 is 0 Å². The molecule has 0 aliphatic carbocycles. The van der Waals surface area contributed by atoms with Crippen LogP contribution < -0.4 is 5.73 Å². The van der Waals surface area contributed by atoms with Crippen LogP contribution in [0.15, 0.2) is 24.3 Å². The second-order valence-corrected chi connectivity index (χ2v) is 3.95. The minimum Gasteiger partial charge on any atom is -0.358 e. The summed E-state index contributed by atoms with van der Waals surface area (Å²) in [5.41, 5.74) is 5.71. The van der Waals surface area contributed by atoms with Crippen molar-refractivity contribution in [1.82, 2.24) is 4.98 Å². The molecule has 0 fully saturated rings. The van der Waals surface area contributed by atoms with Crippen LogP contribution in [-0.2, 0) is 12.6 Å². The van der Waals surface area contributed by atoms with Gasteiger partial charge in [-0.15, -0.1) is 0 Å². The number of hydrogen-bond donors (Lipinski definition) is 2. The molecule has 3 N–H and O–H groups in total. The molecule has 0 aliphatic heterocycles. The molecule has 0 saturated heterocycles. The van der Waals surface area contributed by atoms with Gasteiger partial charge in [-0.1, -0.05) is 12.1 Å². The molecule has 5 heteroatoms. The average molecular weight is 242 g/mol. The Kier molecular flexibility index (Phi) is 3.11. The quantitative estimate of drug-likeness (QED) is 0.853. The first-order valence-electron chi connectivity index (χ1n) is 5.40. The van der Waals surface area contributed by atoms with Gasteiger partial charge in [-0.25, -0.2) is 0 Å². The lowest BCUT2D eigenvalue weighted by Gasteiger charge is -2.07. The lowest BCUT2D eigenvalue weighted by Crippen LogP contribution is -2.05. The van der Waals surface area contributed by atoms with Crippen molar-refractivity contribution in [3.05, 3.63) is 35.5 Å². The maximum Gasteiger partial charge on any atom is 0.418 e. The molecule has 0 aliphatic rings. The van der Waals surface area contributed by atoms with Crippen LogP contribution in [0.1, 0.15) is 17.7 Å². The maximum absolute atomic E-state index is 12.7. The number of benzene rings is 1. The van der Waals surface area contributed by atoms with E-state index in [4.69, 9.17) is 5.73 Å². The predicted octanol–water partition coefficient (Wildman–Crippen LogP) is 3.08. The molecule has 0 atom stereocenters. The van der Waals surface area contributed by atoms with Crippen LogP contribution in [0.2, 0.25) is 0 Å². The molecule has 0 saturated carbocycles. The Balaban J connectivity index is 2.46. The standard InChI is InChI=1S/C12H13F3N2/c13-12(14,15)10-5-1-3-8-7-9(4-2-6-16)17-11(8)10/h1,3,5,7,17H,2,4,6,16H2. The minimum atomic E-state index is -4.32. The van der Waals surface area contributed by atoms with Crippen molar-refractivity contribution < 1.29 is 13.2 Å². The summed E-state index contributed by atoms with van der Waals surface area (Å²) < 4.78 is 38.2. The number of aryl methyl sites for hydroxylation is 1. The highest BCUT2D eigenvalue weighted by Gasteiger charge is 2.32. The van der Waals surface area contributed by atoms with Gasteiger partial charge in [0.05, 0.1) is 11.1 Å². The van der Waals surface area contributed by atoms with E-state index in [1.54, 1.807) is 12.1 Å². The summed E-state index contributed by atoms with van der Waals surface area (Å²) in [4.78, 5) is 2.83. The van der Waals surface area contributed by atoms with Crippen molar-refractivity contribution in [1.29, 1.82) is 0 Å². The van der Waals surface area contributed by atoms with Gasteiger partial charge in [-0.3, -0.25) is 0 Å². The number of alkyl halides is 3. The minimum absolute atomic E-state index is 0.159. The van der Waals surface area contributed by atoms with Crippen LogP contribution >= 0.6 is 0 Å². The van der Waals surface area contributed by atoms with E-state index in [1.807, 2.05) is 0 Å². The van der Waals surface area contributed by atoms with Crippen molar-refractivity contribution >= 4 is 10.9 Å². The zero-order valence-corrected chi connectivity index (χ0v) is 9.14. The SMILES string of the molecule is NCCCc1cc2cccc(C(F)(F)F)c2[nH]1. The number of para-hydroxylation sites is 1. The maximum atomic E-state index is 12.7. The molecule has 1 heterocycles. The Morgan fingerprint density at radius 3 is 2.65 bits per heavy atom. The fraction of sp³-hybridized carbons (Fsp3) is 0.333. The predicted molar refractivity (Wildman–Crippen MR) is 60.7 cm³/mol. The first-order valence-corrected chi connectivity index (χ1v) is 5.40. The number of aromatic nitrogens is 1. The number of halogens is 3. The molecule has 2 nitrogen and oxygen atoms in total. The average Bonchev–Trinajstić information content (AvgIpc) is 2.66. The first kappa shape index (κ1) is 12.0. The van der Waals surface area contributed by atoms with Crippen LogP contribution in [-0.4, -0.2) is 11.5 Å². The van der Waals surface area contributed by atoms with E-state index in [-0.39, 0.29) is 5.52 Å². The van der Waals surface area contributed by atoms with Crippen LogP contribution in [0.5, 0.6) is 0 Å². The van der Waals surface area contributed by atoms with E-state index in [2.05, 4.69) is 4.98 Å². The molecular weight excluding hydrogens is 229 g/mol. The zero-order valence-electron chi connectivity index (χ0n) is 9.14. The van der Waals surface area contributed by atoms with E-state index < -0.39 is 11.7 Å². The fourth-order valence-electron chi connectivity index (χ4n) is 1.88. The Morgan fingerprint density at radius 2 is 2.00 bits per heavy atom. The monoisotopic (exact) mass is 242 g/mol. The number of rotatable bonds is 3. The van der Waals surface area contributed by atoms with E-state index in [0.29, 0.717) is 18.4 Å². The third-order valence-electron chi connectivity index (χ3n) is 2.67. The van der Waals surface area contributed by atoms with E-state index in [9.17, 15) is 13.2 Å². The number of nitrogens with two attached hydrogens (primary N) is 1. The molecule has 0 spiro atoms. The van der Waals surface area contributed by atoms with Crippen LogP contribution in [0.3, 0.4) is 0 Å². The molecule has 0 amide bonds. The van der Waals surface area contributed by atoms with Crippen molar-refractivity contribution in [2.75, 3.05) is 6.54 Å². The molecule has 0 unspecified atom stereocenters. The molecule has 2 rings (SSSR count). The molecule has 2 aromatic rings. The van der Waals surface area contributed by atoms with Crippen LogP contribution in [0.4, 0.5) is 13.2 Å². The van der Waals surface area contributed by atoms with Gasteiger partial charge in [0.1, 0.15) is 0 Å². The second kappa shape index (κ2) is 4.41. The summed E-state index contributed by atoms with van der Waals surface area (Å²) in [6.45, 7) is 0.529. The fourth-order valence-corrected chi connectivity index (χ4v) is 1.88. The highest BCUT2D eigenvalue weighted by Crippen LogP contribution is 2.34. The summed E-state index contributed by atoms with van der Waals surface area (Å²) in [5.74, 6) is 0. The highest BCUT2D eigenvalue weighted by atomic mass is 19.4. The Morgan fingerprint density at radius 1 is 1.24 bits per heavy atom. The number of H-pyrrole nitrogens is 1. The Bertz CT molecular complexity index is 514. The lowest BCUT2D eigenvalue weighted by atomic mass is 10.1. The third kappa shape index (κ3) is 2.44. The molecule has 0 radical (unpaired) electrons. The lowest BCUT2D eigenvalue weighted by molar-refractivity contribution is -0.136. The first-order chi connectivity index (χ1) is 8.02. The van der Waals surface area contributed by atoms with Gasteiger partial charge in [-0.05, 0) is 31.5 Å². The number of nitrogens with one attached hydrogen (secondary N) is 1. The number of aromatic amines is 1. The van der Waals surface area contributed by atoms with Crippen LogP contribution in [0, 0.1) is 0 Å². The summed E-state index contributed by atoms with van der Waals surface area (Å²) in [5, 5.41) is 0.590. The van der Waals surface area contributed by atoms with Gasteiger partial charge in [0.25, 0.3) is 0 Å². The molecule has 0 bridgehead atoms. The second-order valence-electron chi connectivity index (χ2n) is 3.95. The van der Waals surface area contributed by atoms with Gasteiger partial charge in [-0.2, -0.15) is 13.2 Å². The van der Waals surface area contributed by atoms with Crippen molar-refractivity contribution in [3.8, 4) is 0 Å². The van der Waals surface area contributed by atoms with Crippen molar-refractivity contribution in [3.63, 3.8) is 0 Å². The van der Waals surface area contributed by atoms with Gasteiger partial charge < -0.3 is 10.7 Å². The van der Waals surface area contributed by atoms with Gasteiger partial charge in [0.2, 0.25) is 0 Å². The summed E-state index contributed by atoms with van der Waals surface area (Å²) in [6.07, 6.45) is -2.90. The smallest absolute Gasteiger partial charge is 0.358 e. The number of fused-ring (bicyclic) bond motifs is 1.